The molecule has 0 saturated carbocycles. The Morgan fingerprint density at radius 2 is 1.44 bits per heavy atom. The lowest BCUT2D eigenvalue weighted by Crippen LogP contribution is -2.48. The molecule has 1 fully saturated rings. The number of anilines is 1. The number of ketones is 3. The molecule has 4 aromatic carbocycles. The monoisotopic (exact) mass is 569 g/mol. The molecule has 7 heteroatoms. The van der Waals surface area contributed by atoms with Gasteiger partial charge in [0, 0.05) is 35.1 Å². The summed E-state index contributed by atoms with van der Waals surface area (Å²) in [4.78, 5) is 58.4. The summed E-state index contributed by atoms with van der Waals surface area (Å²) in [5.74, 6) is -1.45. The molecule has 43 heavy (non-hydrogen) atoms. The highest BCUT2D eigenvalue weighted by Gasteiger charge is 2.71. The molecule has 0 radical (unpaired) electrons. The van der Waals surface area contributed by atoms with Gasteiger partial charge < -0.3 is 14.4 Å². The van der Waals surface area contributed by atoms with Crippen molar-refractivity contribution in [2.45, 2.75) is 24.9 Å². The molecule has 3 unspecified atom stereocenters. The molecule has 4 aromatic rings. The Bertz CT molecular complexity index is 1810. The van der Waals surface area contributed by atoms with Gasteiger partial charge in [0.1, 0.15) is 17.2 Å². The minimum Gasteiger partial charge on any atom is -0.497 e. The number of carbonyl (C=O) groups excluding carboxylic acids is 4. The topological polar surface area (TPSA) is 90.0 Å². The number of nitrogens with zero attached hydrogens (tertiary/aromatic N) is 1. The molecule has 0 N–H and O–H groups in total. The summed E-state index contributed by atoms with van der Waals surface area (Å²) in [5.41, 5.74) is 1.31. The van der Waals surface area contributed by atoms with Crippen molar-refractivity contribution in [2.24, 2.45) is 5.41 Å². The van der Waals surface area contributed by atoms with Crippen molar-refractivity contribution in [1.29, 1.82) is 0 Å². The minimum atomic E-state index is -1.66. The lowest BCUT2D eigenvalue weighted by atomic mass is 9.64. The van der Waals surface area contributed by atoms with Gasteiger partial charge in [-0.05, 0) is 23.8 Å². The van der Waals surface area contributed by atoms with Crippen molar-refractivity contribution in [2.75, 3.05) is 12.0 Å². The lowest BCUT2D eigenvalue weighted by Gasteiger charge is -2.37. The highest BCUT2D eigenvalue weighted by atomic mass is 16.5. The van der Waals surface area contributed by atoms with Crippen molar-refractivity contribution < 1.29 is 28.7 Å². The quantitative estimate of drug-likeness (QED) is 0.127. The number of fused-ring (bicyclic) bond motifs is 5. The average Bonchev–Trinajstić information content (AvgIpc) is 3.47. The van der Waals surface area contributed by atoms with Crippen LogP contribution in [-0.4, -0.2) is 42.5 Å². The molecule has 2 aliphatic heterocycles. The number of methoxy groups -OCH3 is 1. The number of ether oxygens (including phenoxy) is 2. The predicted octanol–water partition coefficient (Wildman–Crippen LogP) is 5.94. The van der Waals surface area contributed by atoms with E-state index in [-0.39, 0.29) is 23.1 Å². The molecule has 7 rings (SSSR count). The van der Waals surface area contributed by atoms with Gasteiger partial charge in [0.25, 0.3) is 0 Å². The van der Waals surface area contributed by atoms with Crippen LogP contribution in [0.25, 0.3) is 6.08 Å². The maximum atomic E-state index is 14.8. The molecule has 1 aliphatic carbocycles. The van der Waals surface area contributed by atoms with E-state index in [0.717, 1.165) is 0 Å². The Hall–Kier alpha value is -5.30. The molecule has 7 nitrogen and oxygen atoms in total. The Morgan fingerprint density at radius 3 is 2.07 bits per heavy atom. The molecule has 1 saturated heterocycles. The first-order valence-electron chi connectivity index (χ1n) is 14.1. The smallest absolute Gasteiger partial charge is 0.308 e. The van der Waals surface area contributed by atoms with Gasteiger partial charge in [0.2, 0.25) is 0 Å². The van der Waals surface area contributed by atoms with Crippen LogP contribution in [0.2, 0.25) is 0 Å². The SMILES string of the molecule is COc1ccc(C2C(C(=O)c3ccccc3)N3c4c(cccc4OC(C)=O)C=CC3C23C(=O)c2ccccc2C3=O)cc1. The van der Waals surface area contributed by atoms with Gasteiger partial charge in [-0.25, -0.2) is 0 Å². The standard InChI is InChI=1S/C36H27NO6/c1-21(38)43-28-14-8-11-23-17-20-29-36(34(40)26-12-6-7-13-27(26)35(36)41)30(22-15-18-25(42-2)19-16-22)32(37(29)31(23)28)33(39)24-9-4-3-5-10-24/h3-20,29-30,32H,1-2H3. The zero-order valence-electron chi connectivity index (χ0n) is 23.5. The van der Waals surface area contributed by atoms with Crippen LogP contribution in [0.3, 0.4) is 0 Å². The largest absolute Gasteiger partial charge is 0.497 e. The summed E-state index contributed by atoms with van der Waals surface area (Å²) >= 11 is 0. The van der Waals surface area contributed by atoms with Gasteiger partial charge in [-0.15, -0.1) is 0 Å². The highest BCUT2D eigenvalue weighted by Crippen LogP contribution is 2.62. The zero-order valence-corrected chi connectivity index (χ0v) is 23.5. The van der Waals surface area contributed by atoms with Gasteiger partial charge >= 0.3 is 5.97 Å². The van der Waals surface area contributed by atoms with E-state index in [1.54, 1.807) is 79.9 Å². The Kier molecular flexibility index (Phi) is 6.13. The van der Waals surface area contributed by atoms with E-state index in [9.17, 15) is 19.2 Å². The minimum absolute atomic E-state index is 0.251. The molecule has 0 amide bonds. The van der Waals surface area contributed by atoms with E-state index in [0.29, 0.717) is 39.3 Å². The van der Waals surface area contributed by atoms with E-state index >= 15 is 0 Å². The number of hydrogen-bond acceptors (Lipinski definition) is 7. The summed E-state index contributed by atoms with van der Waals surface area (Å²) in [6, 6.07) is 26.4. The fourth-order valence-electron chi connectivity index (χ4n) is 7.18. The number of benzene rings is 4. The van der Waals surface area contributed by atoms with E-state index in [2.05, 4.69) is 0 Å². The van der Waals surface area contributed by atoms with E-state index in [4.69, 9.17) is 9.47 Å². The normalized spacial score (nSPS) is 20.9. The first-order chi connectivity index (χ1) is 20.9. The van der Waals surface area contributed by atoms with Gasteiger partial charge in [-0.1, -0.05) is 91.0 Å². The molecule has 3 aliphatic rings. The van der Waals surface area contributed by atoms with Crippen LogP contribution in [-0.2, 0) is 4.79 Å². The Morgan fingerprint density at radius 1 is 0.791 bits per heavy atom. The zero-order chi connectivity index (χ0) is 29.9. The molecule has 2 heterocycles. The summed E-state index contributed by atoms with van der Waals surface area (Å²) in [7, 11) is 1.56. The fraction of sp³-hybridized carbons (Fsp3) is 0.167. The maximum Gasteiger partial charge on any atom is 0.308 e. The molecule has 3 atom stereocenters. The van der Waals surface area contributed by atoms with Gasteiger partial charge in [-0.2, -0.15) is 0 Å². The van der Waals surface area contributed by atoms with Gasteiger partial charge in [0.15, 0.2) is 23.1 Å². The summed E-state index contributed by atoms with van der Waals surface area (Å²) in [5, 5.41) is 0. The first-order valence-corrected chi connectivity index (χ1v) is 14.1. The summed E-state index contributed by atoms with van der Waals surface area (Å²) in [6.45, 7) is 1.31. The fourth-order valence-corrected chi connectivity index (χ4v) is 7.18. The first kappa shape index (κ1) is 26.6. The second-order valence-corrected chi connectivity index (χ2v) is 11.0. The molecule has 212 valence electrons. The molecule has 0 aromatic heterocycles. The third-order valence-electron chi connectivity index (χ3n) is 8.84. The van der Waals surface area contributed by atoms with Gasteiger partial charge in [-0.3, -0.25) is 19.2 Å². The third kappa shape index (κ3) is 3.74. The van der Waals surface area contributed by atoms with Crippen molar-refractivity contribution in [3.05, 3.63) is 131 Å². The highest BCUT2D eigenvalue weighted by molar-refractivity contribution is 6.32. The summed E-state index contributed by atoms with van der Waals surface area (Å²) < 4.78 is 11.1. The number of carbonyl (C=O) groups is 4. The maximum absolute atomic E-state index is 14.8. The number of esters is 1. The van der Waals surface area contributed by atoms with Crippen molar-refractivity contribution in [1.82, 2.24) is 0 Å². The van der Waals surface area contributed by atoms with E-state index in [1.165, 1.54) is 6.92 Å². The van der Waals surface area contributed by atoms with E-state index < -0.39 is 29.4 Å². The van der Waals surface area contributed by atoms with Crippen LogP contribution in [0.15, 0.2) is 103 Å². The van der Waals surface area contributed by atoms with Crippen molar-refractivity contribution in [3.63, 3.8) is 0 Å². The van der Waals surface area contributed by atoms with Crippen LogP contribution >= 0.6 is 0 Å². The predicted molar refractivity (Wildman–Crippen MR) is 161 cm³/mol. The molecule has 1 spiro atoms. The van der Waals surface area contributed by atoms with Gasteiger partial charge in [0.05, 0.1) is 18.8 Å². The Labute approximate surface area is 248 Å². The Balaban J connectivity index is 1.56. The second-order valence-electron chi connectivity index (χ2n) is 11.0. The molecular weight excluding hydrogens is 542 g/mol. The van der Waals surface area contributed by atoms with Crippen LogP contribution in [0.4, 0.5) is 5.69 Å². The average molecular weight is 570 g/mol. The van der Waals surface area contributed by atoms with Crippen LogP contribution in [0.1, 0.15) is 55.0 Å². The third-order valence-corrected chi connectivity index (χ3v) is 8.84. The van der Waals surface area contributed by atoms with Crippen LogP contribution in [0.5, 0.6) is 11.5 Å². The van der Waals surface area contributed by atoms with Crippen molar-refractivity contribution in [3.8, 4) is 11.5 Å². The summed E-state index contributed by atoms with van der Waals surface area (Å²) in [6.07, 6.45) is 3.69. The number of hydrogen-bond donors (Lipinski definition) is 0. The molecule has 0 bridgehead atoms. The number of para-hydroxylation sites is 1. The molecular formula is C36H27NO6. The number of rotatable bonds is 5. The van der Waals surface area contributed by atoms with Crippen LogP contribution < -0.4 is 14.4 Å². The van der Waals surface area contributed by atoms with Crippen LogP contribution in [0, 0.1) is 5.41 Å². The second kappa shape index (κ2) is 9.91. The van der Waals surface area contributed by atoms with Crippen molar-refractivity contribution >= 4 is 35.1 Å². The lowest BCUT2D eigenvalue weighted by molar-refractivity contribution is -0.131. The number of Topliss-reactive ketones (excluding diaryl/α,β-unsaturated/α-hetero) is 3. The van der Waals surface area contributed by atoms with E-state index in [1.807, 2.05) is 41.3 Å².